The first-order chi connectivity index (χ1) is 13.2. The van der Waals surface area contributed by atoms with Gasteiger partial charge in [0.25, 0.3) is 5.91 Å². The molecule has 8 nitrogen and oxygen atoms in total. The van der Waals surface area contributed by atoms with E-state index in [-0.39, 0.29) is 30.4 Å². The van der Waals surface area contributed by atoms with Gasteiger partial charge < -0.3 is 14.4 Å². The summed E-state index contributed by atoms with van der Waals surface area (Å²) in [6.45, 7) is 10.1. The molecule has 28 heavy (non-hydrogen) atoms. The second-order valence-corrected chi connectivity index (χ2v) is 7.35. The third-order valence-corrected chi connectivity index (χ3v) is 4.64. The lowest BCUT2D eigenvalue weighted by Crippen LogP contribution is -2.49. The number of ether oxygens (including phenoxy) is 2. The summed E-state index contributed by atoms with van der Waals surface area (Å²) in [5, 5.41) is 8.59. The maximum absolute atomic E-state index is 12.4. The first-order valence-electron chi connectivity index (χ1n) is 9.36. The Bertz CT molecular complexity index is 882. The van der Waals surface area contributed by atoms with Crippen molar-refractivity contribution in [1.82, 2.24) is 19.9 Å². The zero-order valence-electron chi connectivity index (χ0n) is 16.9. The van der Waals surface area contributed by atoms with Gasteiger partial charge in [0.2, 0.25) is 0 Å². The topological polar surface area (TPSA) is 86.6 Å². The largest absolute Gasteiger partial charge is 0.451 e. The van der Waals surface area contributed by atoms with Crippen molar-refractivity contribution in [2.45, 2.75) is 46.8 Å². The quantitative estimate of drug-likeness (QED) is 0.747. The number of nitrogens with zero attached hydrogens (tertiary/aromatic N) is 4. The number of hydrogen-bond acceptors (Lipinski definition) is 6. The van der Waals surface area contributed by atoms with E-state index in [9.17, 15) is 9.59 Å². The molecule has 3 rings (SSSR count). The summed E-state index contributed by atoms with van der Waals surface area (Å²) in [6, 6.07) is 5.89. The van der Waals surface area contributed by atoms with Crippen molar-refractivity contribution in [3.63, 3.8) is 0 Å². The van der Waals surface area contributed by atoms with Gasteiger partial charge in [-0.25, -0.2) is 4.79 Å². The van der Waals surface area contributed by atoms with E-state index in [2.05, 4.69) is 10.2 Å². The van der Waals surface area contributed by atoms with Gasteiger partial charge in [0.05, 0.1) is 23.6 Å². The Hall–Kier alpha value is -2.74. The Morgan fingerprint density at radius 1 is 1.14 bits per heavy atom. The van der Waals surface area contributed by atoms with E-state index in [0.717, 1.165) is 16.8 Å². The Balaban J connectivity index is 1.66. The maximum atomic E-state index is 12.4. The van der Waals surface area contributed by atoms with Gasteiger partial charge in [-0.05, 0) is 46.2 Å². The van der Waals surface area contributed by atoms with Gasteiger partial charge in [0, 0.05) is 13.1 Å². The van der Waals surface area contributed by atoms with Gasteiger partial charge in [-0.2, -0.15) is 9.90 Å². The SMILES string of the molecule is Cc1ccc(-n2nc(C)c(C(=O)OCC(=O)N3C[C@@H](C)O[C@@H](C)C3)n2)c(C)c1. The average Bonchev–Trinajstić information content (AvgIpc) is 3.00. The van der Waals surface area contributed by atoms with Crippen molar-refractivity contribution < 1.29 is 19.1 Å². The number of hydrogen-bond donors (Lipinski definition) is 0. The fraction of sp³-hybridized carbons (Fsp3) is 0.500. The summed E-state index contributed by atoms with van der Waals surface area (Å²) in [7, 11) is 0. The predicted molar refractivity (Wildman–Crippen MR) is 102 cm³/mol. The molecule has 1 saturated heterocycles. The molecule has 1 aromatic heterocycles. The molecule has 0 bridgehead atoms. The average molecular weight is 386 g/mol. The highest BCUT2D eigenvalue weighted by Gasteiger charge is 2.27. The van der Waals surface area contributed by atoms with Crippen molar-refractivity contribution >= 4 is 11.9 Å². The molecule has 1 aliphatic heterocycles. The molecule has 2 aromatic rings. The lowest BCUT2D eigenvalue weighted by molar-refractivity contribution is -0.146. The van der Waals surface area contributed by atoms with Crippen molar-refractivity contribution in [2.75, 3.05) is 19.7 Å². The second-order valence-electron chi connectivity index (χ2n) is 7.35. The molecule has 1 amide bonds. The molecular formula is C20H26N4O4. The van der Waals surface area contributed by atoms with Crippen LogP contribution < -0.4 is 0 Å². The van der Waals surface area contributed by atoms with E-state index in [1.165, 1.54) is 4.80 Å². The van der Waals surface area contributed by atoms with Crippen LogP contribution in [0, 0.1) is 20.8 Å². The maximum Gasteiger partial charge on any atom is 0.361 e. The summed E-state index contributed by atoms with van der Waals surface area (Å²) < 4.78 is 10.8. The number of aromatic nitrogens is 3. The molecule has 0 unspecified atom stereocenters. The summed E-state index contributed by atoms with van der Waals surface area (Å²) in [6.07, 6.45) is -0.0772. The second kappa shape index (κ2) is 8.10. The highest BCUT2D eigenvalue weighted by atomic mass is 16.5. The monoisotopic (exact) mass is 386 g/mol. The first kappa shape index (κ1) is 20.0. The molecule has 0 saturated carbocycles. The van der Waals surface area contributed by atoms with E-state index in [0.29, 0.717) is 18.8 Å². The van der Waals surface area contributed by atoms with E-state index in [1.807, 2.05) is 45.9 Å². The molecule has 0 spiro atoms. The van der Waals surface area contributed by atoms with E-state index < -0.39 is 5.97 Å². The number of rotatable bonds is 4. The number of benzene rings is 1. The molecule has 0 N–H and O–H groups in total. The van der Waals surface area contributed by atoms with Gasteiger partial charge in [-0.15, -0.1) is 5.10 Å². The van der Waals surface area contributed by atoms with Gasteiger partial charge in [0.15, 0.2) is 12.3 Å². The number of amides is 1. The lowest BCUT2D eigenvalue weighted by Gasteiger charge is -2.35. The van der Waals surface area contributed by atoms with Crippen LogP contribution in [0.15, 0.2) is 18.2 Å². The minimum Gasteiger partial charge on any atom is -0.451 e. The fourth-order valence-electron chi connectivity index (χ4n) is 3.37. The van der Waals surface area contributed by atoms with Crippen LogP contribution in [0.1, 0.15) is 41.2 Å². The fourth-order valence-corrected chi connectivity index (χ4v) is 3.37. The van der Waals surface area contributed by atoms with Gasteiger partial charge in [0.1, 0.15) is 0 Å². The Morgan fingerprint density at radius 3 is 2.46 bits per heavy atom. The van der Waals surface area contributed by atoms with Crippen molar-refractivity contribution in [1.29, 1.82) is 0 Å². The third-order valence-electron chi connectivity index (χ3n) is 4.64. The molecule has 8 heteroatoms. The summed E-state index contributed by atoms with van der Waals surface area (Å²) in [5.74, 6) is -0.897. The Morgan fingerprint density at radius 2 is 1.82 bits per heavy atom. The molecule has 1 fully saturated rings. The molecular weight excluding hydrogens is 360 g/mol. The van der Waals surface area contributed by atoms with Gasteiger partial charge >= 0.3 is 5.97 Å². The summed E-state index contributed by atoms with van der Waals surface area (Å²) >= 11 is 0. The molecule has 0 radical (unpaired) electrons. The van der Waals surface area contributed by atoms with Crippen molar-refractivity contribution in [3.05, 3.63) is 40.7 Å². The number of morpholine rings is 1. The van der Waals surface area contributed by atoms with E-state index in [1.54, 1.807) is 11.8 Å². The van der Waals surface area contributed by atoms with Gasteiger partial charge in [-0.3, -0.25) is 4.79 Å². The van der Waals surface area contributed by atoms with Crippen molar-refractivity contribution in [3.8, 4) is 5.69 Å². The molecule has 1 aromatic carbocycles. The number of aryl methyl sites for hydroxylation is 3. The zero-order chi connectivity index (χ0) is 20.4. The van der Waals surface area contributed by atoms with Crippen LogP contribution in [0.4, 0.5) is 0 Å². The summed E-state index contributed by atoms with van der Waals surface area (Å²) in [5.41, 5.74) is 3.48. The molecule has 1 aliphatic rings. The van der Waals surface area contributed by atoms with Crippen LogP contribution in [-0.2, 0) is 14.3 Å². The van der Waals surface area contributed by atoms with Crippen LogP contribution in [0.3, 0.4) is 0 Å². The van der Waals surface area contributed by atoms with E-state index >= 15 is 0 Å². The Labute approximate surface area is 164 Å². The smallest absolute Gasteiger partial charge is 0.361 e. The first-order valence-corrected chi connectivity index (χ1v) is 9.36. The minimum absolute atomic E-state index is 0.0386. The van der Waals surface area contributed by atoms with Crippen LogP contribution >= 0.6 is 0 Å². The number of esters is 1. The molecule has 2 heterocycles. The van der Waals surface area contributed by atoms with Crippen LogP contribution in [0.2, 0.25) is 0 Å². The minimum atomic E-state index is -0.656. The molecule has 2 atom stereocenters. The number of carbonyl (C=O) groups excluding carboxylic acids is 2. The summed E-state index contributed by atoms with van der Waals surface area (Å²) in [4.78, 5) is 27.9. The standard InChI is InChI=1S/C20H26N4O4/c1-12-6-7-17(13(2)8-12)24-21-16(5)19(22-24)20(26)27-11-18(25)23-9-14(3)28-15(4)10-23/h6-8,14-15H,9-11H2,1-5H3/t14-,15+. The van der Waals surface area contributed by atoms with Gasteiger partial charge in [-0.1, -0.05) is 17.7 Å². The molecule has 150 valence electrons. The number of carbonyl (C=O) groups is 2. The van der Waals surface area contributed by atoms with Crippen molar-refractivity contribution in [2.24, 2.45) is 0 Å². The van der Waals surface area contributed by atoms with Crippen LogP contribution in [0.25, 0.3) is 5.69 Å². The Kier molecular flexibility index (Phi) is 5.79. The van der Waals surface area contributed by atoms with Crippen LogP contribution in [0.5, 0.6) is 0 Å². The van der Waals surface area contributed by atoms with Crippen LogP contribution in [-0.4, -0.2) is 63.7 Å². The highest BCUT2D eigenvalue weighted by Crippen LogP contribution is 2.16. The molecule has 0 aliphatic carbocycles. The lowest BCUT2D eigenvalue weighted by atomic mass is 10.1. The predicted octanol–water partition coefficient (Wildman–Crippen LogP) is 1.99. The third kappa shape index (κ3) is 4.39. The zero-order valence-corrected chi connectivity index (χ0v) is 16.9. The highest BCUT2D eigenvalue weighted by molar-refractivity contribution is 5.90. The van der Waals surface area contributed by atoms with E-state index in [4.69, 9.17) is 9.47 Å². The normalized spacial score (nSPS) is 19.5.